The van der Waals surface area contributed by atoms with Crippen LogP contribution in [-0.4, -0.2) is 41.8 Å². The lowest BCUT2D eigenvalue weighted by atomic mass is 9.75. The van der Waals surface area contributed by atoms with E-state index in [9.17, 15) is 9.59 Å². The predicted molar refractivity (Wildman–Crippen MR) is 146 cm³/mol. The van der Waals surface area contributed by atoms with Gasteiger partial charge in [0.05, 0.1) is 5.92 Å². The summed E-state index contributed by atoms with van der Waals surface area (Å²) in [5, 5.41) is 2.73. The Kier molecular flexibility index (Phi) is 7.04. The maximum Gasteiger partial charge on any atom is 0.270 e. The van der Waals surface area contributed by atoms with Gasteiger partial charge in [0.2, 0.25) is 5.91 Å². The van der Waals surface area contributed by atoms with Crippen LogP contribution in [0.5, 0.6) is 0 Å². The third-order valence-electron chi connectivity index (χ3n) is 7.22. The second kappa shape index (κ2) is 10.7. The predicted octanol–water partition coefficient (Wildman–Crippen LogP) is 4.84. The minimum Gasteiger partial charge on any atom is -0.359 e. The van der Waals surface area contributed by atoms with Gasteiger partial charge < -0.3 is 15.1 Å². The Morgan fingerprint density at radius 3 is 1.84 bits per heavy atom. The van der Waals surface area contributed by atoms with Crippen molar-refractivity contribution in [2.24, 2.45) is 5.92 Å². The lowest BCUT2D eigenvalue weighted by Crippen LogP contribution is -2.48. The molecule has 0 spiro atoms. The Bertz CT molecular complexity index is 1230. The van der Waals surface area contributed by atoms with Crippen molar-refractivity contribution in [2.45, 2.75) is 12.0 Å². The number of nitrogens with zero attached hydrogens (tertiary/aromatic N) is 2. The first-order chi connectivity index (χ1) is 18.2. The van der Waals surface area contributed by atoms with Crippen LogP contribution in [0, 0.1) is 5.92 Å². The molecule has 2 aliphatic rings. The molecule has 1 saturated heterocycles. The van der Waals surface area contributed by atoms with Gasteiger partial charge in [-0.1, -0.05) is 103 Å². The summed E-state index contributed by atoms with van der Waals surface area (Å²) in [6, 6.07) is 31.0. The number of allylic oxidation sites excluding steroid dienone is 4. The molecule has 1 fully saturated rings. The Morgan fingerprint density at radius 2 is 1.32 bits per heavy atom. The third kappa shape index (κ3) is 4.49. The van der Waals surface area contributed by atoms with Crippen molar-refractivity contribution in [2.75, 3.05) is 20.1 Å². The van der Waals surface area contributed by atoms with Crippen LogP contribution < -0.4 is 5.32 Å². The molecule has 37 heavy (non-hydrogen) atoms. The molecule has 5 heteroatoms. The molecule has 0 aliphatic carbocycles. The normalized spacial score (nSPS) is 17.3. The summed E-state index contributed by atoms with van der Waals surface area (Å²) >= 11 is 0. The topological polar surface area (TPSA) is 52.7 Å². The number of hydrogen-bond acceptors (Lipinski definition) is 3. The molecule has 0 bridgehead atoms. The van der Waals surface area contributed by atoms with Crippen LogP contribution in [0.2, 0.25) is 0 Å². The molecule has 3 aromatic rings. The second-order valence-electron chi connectivity index (χ2n) is 9.31. The fourth-order valence-electron chi connectivity index (χ4n) is 5.45. The van der Waals surface area contributed by atoms with Crippen molar-refractivity contribution in [3.8, 4) is 0 Å². The zero-order chi connectivity index (χ0) is 25.7. The highest BCUT2D eigenvalue weighted by Gasteiger charge is 2.45. The molecule has 0 radical (unpaired) electrons. The summed E-state index contributed by atoms with van der Waals surface area (Å²) in [7, 11) is 1.64. The molecular weight excluding hydrogens is 458 g/mol. The summed E-state index contributed by atoms with van der Waals surface area (Å²) in [6.07, 6.45) is 10.4. The average Bonchev–Trinajstić information content (AvgIpc) is 3.34. The molecular formula is C32H31N3O2. The molecule has 5 nitrogen and oxygen atoms in total. The van der Waals surface area contributed by atoms with Gasteiger partial charge in [-0.25, -0.2) is 0 Å². The first-order valence-electron chi connectivity index (χ1n) is 12.7. The van der Waals surface area contributed by atoms with E-state index in [0.29, 0.717) is 25.2 Å². The van der Waals surface area contributed by atoms with Crippen molar-refractivity contribution < 1.29 is 9.59 Å². The average molecular weight is 490 g/mol. The van der Waals surface area contributed by atoms with Crippen molar-refractivity contribution in [3.63, 3.8) is 0 Å². The van der Waals surface area contributed by atoms with Crippen LogP contribution in [0.25, 0.3) is 0 Å². The monoisotopic (exact) mass is 489 g/mol. The minimum absolute atomic E-state index is 0.0194. The quantitative estimate of drug-likeness (QED) is 0.504. The van der Waals surface area contributed by atoms with Gasteiger partial charge in [-0.3, -0.25) is 9.59 Å². The lowest BCUT2D eigenvalue weighted by molar-refractivity contribution is -0.128. The molecule has 5 rings (SSSR count). The number of amides is 2. The molecule has 186 valence electrons. The Morgan fingerprint density at radius 1 is 0.784 bits per heavy atom. The Balaban J connectivity index is 1.70. The smallest absolute Gasteiger partial charge is 0.270 e. The van der Waals surface area contributed by atoms with Gasteiger partial charge in [0.15, 0.2) is 0 Å². The standard InChI is InChI=1S/C32H31N3O2/c1-33-30(36)25-21-23-34(24-25)31(37)29-20-12-5-13-22-35(29)32(26-14-6-2-7-15-26,27-16-8-3-9-17-27)28-18-10-4-11-19-28/h2-20,22,25H,21,23-24H2,1H3,(H,33,36)/t25-/m1/s1. The van der Waals surface area contributed by atoms with E-state index in [1.165, 1.54) is 0 Å². The first kappa shape index (κ1) is 24.3. The van der Waals surface area contributed by atoms with Gasteiger partial charge in [0.25, 0.3) is 5.91 Å². The highest BCUT2D eigenvalue weighted by atomic mass is 16.2. The first-order valence-corrected chi connectivity index (χ1v) is 12.7. The summed E-state index contributed by atoms with van der Waals surface area (Å²) < 4.78 is 0. The molecule has 2 heterocycles. The van der Waals surface area contributed by atoms with Crippen molar-refractivity contribution in [1.29, 1.82) is 0 Å². The number of benzene rings is 3. The van der Waals surface area contributed by atoms with Gasteiger partial charge in [0.1, 0.15) is 11.2 Å². The SMILES string of the molecule is CNC(=O)[C@@H]1CCN(C(=O)C2=CC=CC=CN2C(c2ccccc2)(c2ccccc2)c2ccccc2)C1. The molecule has 0 unspecified atom stereocenters. The highest BCUT2D eigenvalue weighted by molar-refractivity contribution is 5.95. The summed E-state index contributed by atoms with van der Waals surface area (Å²) in [6.45, 7) is 0.955. The van der Waals surface area contributed by atoms with Gasteiger partial charge in [-0.15, -0.1) is 0 Å². The van der Waals surface area contributed by atoms with Crippen LogP contribution in [0.3, 0.4) is 0 Å². The van der Waals surface area contributed by atoms with E-state index in [2.05, 4.69) is 46.6 Å². The number of nitrogens with one attached hydrogen (secondary N) is 1. The molecule has 0 aromatic heterocycles. The summed E-state index contributed by atoms with van der Waals surface area (Å²) in [5.74, 6) is -0.300. The maximum absolute atomic E-state index is 14.2. The third-order valence-corrected chi connectivity index (χ3v) is 7.22. The van der Waals surface area contributed by atoms with E-state index in [4.69, 9.17) is 0 Å². The van der Waals surface area contributed by atoms with Gasteiger partial charge >= 0.3 is 0 Å². The number of likely N-dealkylation sites (tertiary alicyclic amines) is 1. The van der Waals surface area contributed by atoms with E-state index >= 15 is 0 Å². The van der Waals surface area contributed by atoms with Crippen LogP contribution >= 0.6 is 0 Å². The van der Waals surface area contributed by atoms with E-state index in [-0.39, 0.29) is 17.7 Å². The largest absolute Gasteiger partial charge is 0.359 e. The number of hydrogen-bond donors (Lipinski definition) is 1. The molecule has 1 N–H and O–H groups in total. The minimum atomic E-state index is -0.812. The van der Waals surface area contributed by atoms with Crippen molar-refractivity contribution >= 4 is 11.8 Å². The van der Waals surface area contributed by atoms with Crippen molar-refractivity contribution in [3.05, 3.63) is 144 Å². The summed E-state index contributed by atoms with van der Waals surface area (Å²) in [5.41, 5.74) is 2.87. The Hall–Kier alpha value is -4.38. The number of carbonyl (C=O) groups is 2. The zero-order valence-corrected chi connectivity index (χ0v) is 21.0. The van der Waals surface area contributed by atoms with E-state index < -0.39 is 5.54 Å². The fraction of sp³-hybridized carbons (Fsp3) is 0.188. The van der Waals surface area contributed by atoms with Crippen molar-refractivity contribution in [1.82, 2.24) is 15.1 Å². The molecule has 0 saturated carbocycles. The molecule has 2 amide bonds. The lowest BCUT2D eigenvalue weighted by Gasteiger charge is -2.46. The van der Waals surface area contributed by atoms with E-state index in [1.807, 2.05) is 85.1 Å². The second-order valence-corrected chi connectivity index (χ2v) is 9.31. The fourth-order valence-corrected chi connectivity index (χ4v) is 5.45. The van der Waals surface area contributed by atoms with E-state index in [1.54, 1.807) is 11.9 Å². The maximum atomic E-state index is 14.2. The number of rotatable bonds is 6. The summed E-state index contributed by atoms with van der Waals surface area (Å²) in [4.78, 5) is 30.4. The van der Waals surface area contributed by atoms with Gasteiger partial charge in [-0.2, -0.15) is 0 Å². The van der Waals surface area contributed by atoms with Crippen LogP contribution in [0.15, 0.2) is 127 Å². The van der Waals surface area contributed by atoms with Gasteiger partial charge in [-0.05, 0) is 35.3 Å². The molecule has 3 aromatic carbocycles. The number of carbonyl (C=O) groups excluding carboxylic acids is 2. The molecule has 2 aliphatic heterocycles. The molecule has 1 atom stereocenters. The van der Waals surface area contributed by atoms with Gasteiger partial charge in [0, 0.05) is 26.3 Å². The van der Waals surface area contributed by atoms with Crippen LogP contribution in [-0.2, 0) is 15.1 Å². The zero-order valence-electron chi connectivity index (χ0n) is 21.0. The van der Waals surface area contributed by atoms with E-state index in [0.717, 1.165) is 16.7 Å². The van der Waals surface area contributed by atoms with Crippen LogP contribution in [0.4, 0.5) is 0 Å². The highest BCUT2D eigenvalue weighted by Crippen LogP contribution is 2.45. The Labute approximate surface area is 218 Å². The van der Waals surface area contributed by atoms with Crippen LogP contribution in [0.1, 0.15) is 23.1 Å².